The van der Waals surface area contributed by atoms with E-state index in [1.807, 2.05) is 31.2 Å². The molecule has 5 nitrogen and oxygen atoms in total. The van der Waals surface area contributed by atoms with E-state index >= 15 is 0 Å². The molecular weight excluding hydrogens is 348 g/mol. The fraction of sp³-hybridized carbons (Fsp3) is 0.200. The Morgan fingerprint density at radius 3 is 2.81 bits per heavy atom. The molecule has 0 spiro atoms. The van der Waals surface area contributed by atoms with Gasteiger partial charge in [-0.1, -0.05) is 30.3 Å². The maximum atomic E-state index is 12.4. The Balaban J connectivity index is 1.41. The molecule has 0 fully saturated rings. The highest BCUT2D eigenvalue weighted by Gasteiger charge is 2.16. The fourth-order valence-electron chi connectivity index (χ4n) is 2.82. The lowest BCUT2D eigenvalue weighted by Gasteiger charge is -2.05. The molecule has 0 unspecified atom stereocenters. The van der Waals surface area contributed by atoms with Gasteiger partial charge >= 0.3 is 0 Å². The standard InChI is InChI=1S/C20H18N2O3S/c1-13-18(26-20(21-13)9-14-5-3-2-4-6-14)11-19(23)22-15-7-8-16-17(10-15)25-12-24-16/h2-8,10H,9,11-12H2,1H3,(H,22,23). The van der Waals surface area contributed by atoms with Crippen LogP contribution in [0.1, 0.15) is 21.1 Å². The summed E-state index contributed by atoms with van der Waals surface area (Å²) in [6, 6.07) is 15.6. The molecule has 1 aromatic heterocycles. The van der Waals surface area contributed by atoms with Gasteiger partial charge in [-0.05, 0) is 24.6 Å². The Kier molecular flexibility index (Phi) is 4.58. The Bertz CT molecular complexity index is 937. The van der Waals surface area contributed by atoms with Crippen LogP contribution in [0.25, 0.3) is 0 Å². The molecule has 0 aliphatic carbocycles. The van der Waals surface area contributed by atoms with E-state index in [0.29, 0.717) is 23.6 Å². The van der Waals surface area contributed by atoms with Crippen LogP contribution in [0.5, 0.6) is 11.5 Å². The third-order valence-electron chi connectivity index (χ3n) is 4.11. The van der Waals surface area contributed by atoms with E-state index in [1.54, 1.807) is 23.5 Å². The summed E-state index contributed by atoms with van der Waals surface area (Å²) in [5.74, 6) is 1.29. The summed E-state index contributed by atoms with van der Waals surface area (Å²) >= 11 is 1.60. The van der Waals surface area contributed by atoms with Crippen molar-refractivity contribution in [2.24, 2.45) is 0 Å². The van der Waals surface area contributed by atoms with Crippen LogP contribution in [0.3, 0.4) is 0 Å². The second-order valence-corrected chi connectivity index (χ2v) is 7.24. The molecule has 0 bridgehead atoms. The first kappa shape index (κ1) is 16.6. The van der Waals surface area contributed by atoms with Crippen LogP contribution >= 0.6 is 11.3 Å². The maximum Gasteiger partial charge on any atom is 0.231 e. The van der Waals surface area contributed by atoms with Crippen LogP contribution < -0.4 is 14.8 Å². The van der Waals surface area contributed by atoms with E-state index in [2.05, 4.69) is 22.4 Å². The first-order valence-electron chi connectivity index (χ1n) is 8.36. The van der Waals surface area contributed by atoms with Gasteiger partial charge in [-0.2, -0.15) is 0 Å². The number of benzene rings is 2. The summed E-state index contributed by atoms with van der Waals surface area (Å²) in [5.41, 5.74) is 2.84. The number of rotatable bonds is 5. The van der Waals surface area contributed by atoms with Crippen molar-refractivity contribution >= 4 is 22.9 Å². The molecule has 3 aromatic rings. The molecule has 6 heteroatoms. The molecule has 132 valence electrons. The monoisotopic (exact) mass is 366 g/mol. The zero-order valence-corrected chi connectivity index (χ0v) is 15.1. The van der Waals surface area contributed by atoms with Crippen LogP contribution in [0, 0.1) is 6.92 Å². The summed E-state index contributed by atoms with van der Waals surface area (Å²) in [7, 11) is 0. The molecule has 1 aliphatic rings. The number of carbonyl (C=O) groups is 1. The quantitative estimate of drug-likeness (QED) is 0.743. The predicted octanol–water partition coefficient (Wildman–Crippen LogP) is 3.95. The zero-order chi connectivity index (χ0) is 17.9. The number of aryl methyl sites for hydroxylation is 1. The van der Waals surface area contributed by atoms with Gasteiger partial charge in [0.25, 0.3) is 0 Å². The number of amides is 1. The van der Waals surface area contributed by atoms with Crippen molar-refractivity contribution in [1.29, 1.82) is 0 Å². The summed E-state index contributed by atoms with van der Waals surface area (Å²) < 4.78 is 10.6. The number of carbonyl (C=O) groups excluding carboxylic acids is 1. The molecule has 1 aliphatic heterocycles. The molecule has 0 saturated heterocycles. The van der Waals surface area contributed by atoms with Gasteiger partial charge in [0, 0.05) is 23.1 Å². The molecular formula is C20H18N2O3S. The minimum Gasteiger partial charge on any atom is -0.454 e. The van der Waals surface area contributed by atoms with Crippen molar-refractivity contribution in [2.45, 2.75) is 19.8 Å². The predicted molar refractivity (Wildman–Crippen MR) is 101 cm³/mol. The molecule has 2 heterocycles. The zero-order valence-electron chi connectivity index (χ0n) is 14.3. The minimum atomic E-state index is -0.0677. The number of nitrogens with zero attached hydrogens (tertiary/aromatic N) is 1. The Labute approximate surface area is 155 Å². The molecule has 26 heavy (non-hydrogen) atoms. The van der Waals surface area contributed by atoms with Crippen molar-refractivity contribution in [2.75, 3.05) is 12.1 Å². The number of hydrogen-bond donors (Lipinski definition) is 1. The lowest BCUT2D eigenvalue weighted by atomic mass is 10.2. The number of ether oxygens (including phenoxy) is 2. The van der Waals surface area contributed by atoms with Crippen molar-refractivity contribution in [3.05, 3.63) is 69.7 Å². The topological polar surface area (TPSA) is 60.5 Å². The number of aromatic nitrogens is 1. The smallest absolute Gasteiger partial charge is 0.231 e. The molecule has 0 radical (unpaired) electrons. The SMILES string of the molecule is Cc1nc(Cc2ccccc2)sc1CC(=O)Nc1ccc2c(c1)OCO2. The third kappa shape index (κ3) is 3.70. The molecule has 2 aromatic carbocycles. The van der Waals surface area contributed by atoms with E-state index in [1.165, 1.54) is 5.56 Å². The lowest BCUT2D eigenvalue weighted by Crippen LogP contribution is -2.14. The summed E-state index contributed by atoms with van der Waals surface area (Å²) in [5, 5.41) is 3.94. The van der Waals surface area contributed by atoms with E-state index in [0.717, 1.165) is 22.0 Å². The molecule has 0 atom stereocenters. The van der Waals surface area contributed by atoms with E-state index in [4.69, 9.17) is 9.47 Å². The second-order valence-electron chi connectivity index (χ2n) is 6.07. The Hall–Kier alpha value is -2.86. The third-order valence-corrected chi connectivity index (χ3v) is 5.27. The number of hydrogen-bond acceptors (Lipinski definition) is 5. The van der Waals surface area contributed by atoms with Crippen LogP contribution in [-0.2, 0) is 17.6 Å². The second kappa shape index (κ2) is 7.17. The maximum absolute atomic E-state index is 12.4. The van der Waals surface area contributed by atoms with Crippen molar-refractivity contribution in [1.82, 2.24) is 4.98 Å². The van der Waals surface area contributed by atoms with Crippen molar-refractivity contribution in [3.63, 3.8) is 0 Å². The van der Waals surface area contributed by atoms with Gasteiger partial charge in [0.2, 0.25) is 12.7 Å². The van der Waals surface area contributed by atoms with Gasteiger partial charge in [0.1, 0.15) is 0 Å². The van der Waals surface area contributed by atoms with Crippen LogP contribution in [0.2, 0.25) is 0 Å². The highest BCUT2D eigenvalue weighted by Crippen LogP contribution is 2.34. The first-order valence-corrected chi connectivity index (χ1v) is 9.17. The average molecular weight is 366 g/mol. The molecule has 4 rings (SSSR count). The van der Waals surface area contributed by atoms with Crippen LogP contribution in [0.15, 0.2) is 48.5 Å². The van der Waals surface area contributed by atoms with Crippen molar-refractivity contribution in [3.8, 4) is 11.5 Å². The Morgan fingerprint density at radius 1 is 1.15 bits per heavy atom. The molecule has 1 amide bonds. The van der Waals surface area contributed by atoms with Crippen molar-refractivity contribution < 1.29 is 14.3 Å². The summed E-state index contributed by atoms with van der Waals surface area (Å²) in [4.78, 5) is 18.0. The number of nitrogens with one attached hydrogen (secondary N) is 1. The van der Waals surface area contributed by atoms with Crippen LogP contribution in [-0.4, -0.2) is 17.7 Å². The highest BCUT2D eigenvalue weighted by atomic mass is 32.1. The summed E-state index contributed by atoms with van der Waals surface area (Å²) in [6.07, 6.45) is 1.10. The van der Waals surface area contributed by atoms with Gasteiger partial charge in [-0.15, -0.1) is 11.3 Å². The molecule has 1 N–H and O–H groups in total. The van der Waals surface area contributed by atoms with Crippen LogP contribution in [0.4, 0.5) is 5.69 Å². The van der Waals surface area contributed by atoms with E-state index < -0.39 is 0 Å². The van der Waals surface area contributed by atoms with Gasteiger partial charge in [-0.3, -0.25) is 4.79 Å². The lowest BCUT2D eigenvalue weighted by molar-refractivity contribution is -0.115. The van der Waals surface area contributed by atoms with Gasteiger partial charge < -0.3 is 14.8 Å². The van der Waals surface area contributed by atoms with E-state index in [9.17, 15) is 4.79 Å². The fourth-order valence-corrected chi connectivity index (χ4v) is 3.93. The number of thiazole rings is 1. The Morgan fingerprint density at radius 2 is 1.96 bits per heavy atom. The van der Waals surface area contributed by atoms with Gasteiger partial charge in [-0.25, -0.2) is 4.98 Å². The largest absolute Gasteiger partial charge is 0.454 e. The first-order chi connectivity index (χ1) is 12.7. The van der Waals surface area contributed by atoms with Gasteiger partial charge in [0.15, 0.2) is 11.5 Å². The number of fused-ring (bicyclic) bond motifs is 1. The normalized spacial score (nSPS) is 12.2. The van der Waals surface area contributed by atoms with E-state index in [-0.39, 0.29) is 12.7 Å². The van der Waals surface area contributed by atoms with Gasteiger partial charge in [0.05, 0.1) is 17.1 Å². The highest BCUT2D eigenvalue weighted by molar-refractivity contribution is 7.11. The summed E-state index contributed by atoms with van der Waals surface area (Å²) in [6.45, 7) is 2.17. The average Bonchev–Trinajstić information content (AvgIpc) is 3.22. The minimum absolute atomic E-state index is 0.0677. The molecule has 0 saturated carbocycles. The number of anilines is 1.